The molecule has 3 aliphatic rings. The highest BCUT2D eigenvalue weighted by Gasteiger charge is 2.47. The minimum Gasteiger partial charge on any atom is -0.494 e. The number of carboxylic acids is 3. The van der Waals surface area contributed by atoms with Gasteiger partial charge < -0.3 is 55.9 Å². The number of alkyl halides is 2. The zero-order chi connectivity index (χ0) is 66.7. The van der Waals surface area contributed by atoms with Crippen LogP contribution in [0.2, 0.25) is 0 Å². The van der Waals surface area contributed by atoms with E-state index >= 15 is 0 Å². The van der Waals surface area contributed by atoms with E-state index in [0.29, 0.717) is 61.3 Å². The van der Waals surface area contributed by atoms with E-state index in [1.165, 1.54) is 28.9 Å². The summed E-state index contributed by atoms with van der Waals surface area (Å²) in [5.41, 5.74) is 2.86. The van der Waals surface area contributed by atoms with Crippen LogP contribution < -0.4 is 26.0 Å². The van der Waals surface area contributed by atoms with Crippen molar-refractivity contribution < 1.29 is 81.5 Å². The van der Waals surface area contributed by atoms with Crippen LogP contribution >= 0.6 is 11.8 Å². The van der Waals surface area contributed by atoms with Crippen molar-refractivity contribution in [2.24, 2.45) is 0 Å². The summed E-state index contributed by atoms with van der Waals surface area (Å²) in [6.07, 6.45) is 2.28. The molecule has 3 aromatic rings. The Bertz CT molecular complexity index is 3050. The largest absolute Gasteiger partial charge is 0.494 e. The first-order valence-electron chi connectivity index (χ1n) is 30.5. The van der Waals surface area contributed by atoms with Crippen LogP contribution in [0.5, 0.6) is 5.75 Å². The highest BCUT2D eigenvalue weighted by molar-refractivity contribution is 7.99. The SMILES string of the molecule is COC(=O)CC(NC(=O)C(CSCCNC(=O)CCCc1ccc(C)cc1)NC(=O)CN1CCN(CC(=O)O)CCN(CC(=O)O)CCN(CC(=O)O)CC1)C(=O)N1CCN(CCCOc2ccc3nccc(C(=O)NCC(=O)N4CC(F)(F)C[C@@H]4C#N)c3c2)CC1. The number of piperazine rings is 1. The number of carbonyl (C=O) groups excluding carboxylic acids is 7. The number of pyridine rings is 1. The number of aliphatic carboxylic acids is 3. The van der Waals surface area contributed by atoms with Crippen molar-refractivity contribution in [3.63, 3.8) is 0 Å². The molecule has 6 rings (SSSR count). The maximum absolute atomic E-state index is 14.4. The number of amides is 6. The number of nitriles is 1. The third-order valence-corrected chi connectivity index (χ3v) is 16.8. The van der Waals surface area contributed by atoms with Gasteiger partial charge in [0.2, 0.25) is 29.5 Å². The van der Waals surface area contributed by atoms with Crippen LogP contribution in [0.15, 0.2) is 54.7 Å². The van der Waals surface area contributed by atoms with Crippen molar-refractivity contribution in [2.75, 3.05) is 156 Å². The van der Waals surface area contributed by atoms with Gasteiger partial charge in [-0.15, -0.1) is 0 Å². The molecule has 1 aromatic heterocycles. The molecule has 3 atom stereocenters. The number of halogens is 2. The number of aromatic nitrogens is 1. The van der Waals surface area contributed by atoms with Gasteiger partial charge in [-0.05, 0) is 56.0 Å². The molecule has 4 heterocycles. The van der Waals surface area contributed by atoms with E-state index in [-0.39, 0.29) is 122 Å². The molecule has 28 nitrogen and oxygen atoms in total. The molecule has 7 N–H and O–H groups in total. The predicted octanol–water partition coefficient (Wildman–Crippen LogP) is -0.174. The Kier molecular flexibility index (Phi) is 29.1. The number of likely N-dealkylation sites (tertiary alicyclic amines) is 1. The lowest BCUT2D eigenvalue weighted by Crippen LogP contribution is -2.59. The van der Waals surface area contributed by atoms with Crippen LogP contribution in [0.25, 0.3) is 10.9 Å². The summed E-state index contributed by atoms with van der Waals surface area (Å²) in [6.45, 7) is 2.56. The number of ether oxygens (including phenoxy) is 2. The quantitative estimate of drug-likeness (QED) is 0.0325. The van der Waals surface area contributed by atoms with Gasteiger partial charge in [0, 0.05) is 128 Å². The number of rotatable bonds is 31. The molecule has 2 unspecified atom stereocenters. The van der Waals surface area contributed by atoms with Crippen LogP contribution in [0.1, 0.15) is 53.6 Å². The number of hydrogen-bond donors (Lipinski definition) is 7. The molecule has 0 spiro atoms. The minimum atomic E-state index is -3.21. The smallest absolute Gasteiger partial charge is 0.317 e. The first-order valence-corrected chi connectivity index (χ1v) is 31.6. The lowest BCUT2D eigenvalue weighted by molar-refractivity contribution is -0.147. The van der Waals surface area contributed by atoms with E-state index < -0.39 is 103 Å². The molecule has 6 amide bonds. The molecular weight excluding hydrogens is 1220 g/mol. The topological polar surface area (TPSA) is 357 Å². The molecule has 92 heavy (non-hydrogen) atoms. The lowest BCUT2D eigenvalue weighted by atomic mass is 10.1. The second-order valence-electron chi connectivity index (χ2n) is 22.8. The van der Waals surface area contributed by atoms with E-state index in [2.05, 4.69) is 31.2 Å². The highest BCUT2D eigenvalue weighted by atomic mass is 32.2. The van der Waals surface area contributed by atoms with Crippen LogP contribution in [0.4, 0.5) is 8.78 Å². The summed E-state index contributed by atoms with van der Waals surface area (Å²) < 4.78 is 38.9. The molecule has 3 saturated heterocycles. The van der Waals surface area contributed by atoms with E-state index in [9.17, 15) is 77.3 Å². The molecular formula is C61H83F2N13O15S. The summed E-state index contributed by atoms with van der Waals surface area (Å²) in [5.74, 6) is -10.2. The predicted molar refractivity (Wildman–Crippen MR) is 331 cm³/mol. The minimum absolute atomic E-state index is 0.0342. The van der Waals surface area contributed by atoms with E-state index in [0.717, 1.165) is 29.6 Å². The average Bonchev–Trinajstić information content (AvgIpc) is 1.16. The number of aryl methyl sites for hydroxylation is 2. The molecule has 3 aliphatic heterocycles. The fourth-order valence-electron chi connectivity index (χ4n) is 10.7. The summed E-state index contributed by atoms with van der Waals surface area (Å²) >= 11 is 1.25. The number of nitrogens with zero attached hydrogens (tertiary/aromatic N) is 9. The maximum Gasteiger partial charge on any atom is 0.317 e. The Morgan fingerprint density at radius 3 is 1.92 bits per heavy atom. The molecule has 3 fully saturated rings. The Morgan fingerprint density at radius 2 is 1.34 bits per heavy atom. The van der Waals surface area contributed by atoms with Crippen molar-refractivity contribution in [3.8, 4) is 11.8 Å². The molecule has 31 heteroatoms. The van der Waals surface area contributed by atoms with E-state index in [1.807, 2.05) is 31.2 Å². The highest BCUT2D eigenvalue weighted by Crippen LogP contribution is 2.32. The van der Waals surface area contributed by atoms with Crippen molar-refractivity contribution in [3.05, 3.63) is 71.4 Å². The fourth-order valence-corrected chi connectivity index (χ4v) is 11.6. The van der Waals surface area contributed by atoms with E-state index in [1.54, 1.807) is 43.9 Å². The number of hydrogen-bond acceptors (Lipinski definition) is 20. The van der Waals surface area contributed by atoms with Gasteiger partial charge in [0.1, 0.15) is 23.9 Å². The van der Waals surface area contributed by atoms with Gasteiger partial charge >= 0.3 is 23.9 Å². The van der Waals surface area contributed by atoms with Gasteiger partial charge in [0.25, 0.3) is 11.8 Å². The Labute approximate surface area is 536 Å². The molecule has 2 aromatic carbocycles. The molecule has 0 radical (unpaired) electrons. The monoisotopic (exact) mass is 1310 g/mol. The van der Waals surface area contributed by atoms with Gasteiger partial charge in [-0.3, -0.25) is 77.4 Å². The number of fused-ring (bicyclic) bond motifs is 1. The third-order valence-electron chi connectivity index (χ3n) is 15.7. The maximum atomic E-state index is 14.4. The average molecular weight is 1310 g/mol. The molecule has 0 bridgehead atoms. The number of nitrogens with one attached hydrogen (secondary N) is 4. The standard InChI is InChI=1S/C61H83F2N13O15S/c1-42-7-9-43(10-8-42)5-3-6-51(77)66-15-30-92-40-50(68-52(78)36-71-17-19-72(37-54(80)81)21-23-74(39-56(84)85)24-22-73(20-18-71)38-55(82)83)59(88)69-49(32-57(86)90-2)60(89)75-27-25-70(26-28-75)16-4-29-91-45-11-12-48-47(31-45)46(13-14-65-48)58(87)67-35-53(79)76-41-61(62,63)33-44(76)34-64/h7-14,31,44,49-50H,3-6,15-30,32-33,35-41H2,1-2H3,(H,66,77)(H,67,87)(H,68,78)(H,69,88)(H,80,81)(H,82,83)(H,84,85)/t44-,49?,50?/m1/s1. The molecule has 0 aliphatic carbocycles. The van der Waals surface area contributed by atoms with Crippen LogP contribution in [0.3, 0.4) is 0 Å². The van der Waals surface area contributed by atoms with Gasteiger partial charge in [-0.25, -0.2) is 8.78 Å². The number of esters is 1. The normalized spacial score (nSPS) is 17.8. The molecule has 502 valence electrons. The van der Waals surface area contributed by atoms with Crippen LogP contribution in [-0.2, 0) is 54.3 Å². The first kappa shape index (κ1) is 72.9. The van der Waals surface area contributed by atoms with E-state index in [4.69, 9.17) is 9.47 Å². The first-order chi connectivity index (χ1) is 44.0. The second kappa shape index (κ2) is 36.8. The summed E-state index contributed by atoms with van der Waals surface area (Å²) in [7, 11) is 1.14. The Morgan fingerprint density at radius 1 is 0.739 bits per heavy atom. The van der Waals surface area contributed by atoms with Crippen molar-refractivity contribution in [2.45, 2.75) is 69.5 Å². The Hall–Kier alpha value is -8.15. The van der Waals surface area contributed by atoms with Crippen molar-refractivity contribution >= 4 is 82.0 Å². The van der Waals surface area contributed by atoms with Crippen LogP contribution in [0, 0.1) is 18.3 Å². The van der Waals surface area contributed by atoms with Crippen molar-refractivity contribution in [1.29, 1.82) is 5.26 Å². The van der Waals surface area contributed by atoms with Gasteiger partial charge in [0.05, 0.1) is 76.6 Å². The van der Waals surface area contributed by atoms with Gasteiger partial charge in [-0.1, -0.05) is 29.8 Å². The number of thioether (sulfide) groups is 1. The van der Waals surface area contributed by atoms with Gasteiger partial charge in [-0.2, -0.15) is 17.0 Å². The zero-order valence-electron chi connectivity index (χ0n) is 51.9. The third kappa shape index (κ3) is 24.8. The lowest BCUT2D eigenvalue weighted by Gasteiger charge is -2.36. The molecule has 0 saturated carbocycles. The van der Waals surface area contributed by atoms with Crippen LogP contribution in [-0.4, -0.2) is 294 Å². The van der Waals surface area contributed by atoms with Gasteiger partial charge in [0.15, 0.2) is 0 Å². The second-order valence-corrected chi connectivity index (χ2v) is 24.0. The number of methoxy groups -OCH3 is 1. The Balaban J connectivity index is 1.05. The number of carboxylic acid groups (broad SMARTS) is 3. The summed E-state index contributed by atoms with van der Waals surface area (Å²) in [4.78, 5) is 145. The number of benzene rings is 2. The fraction of sp³-hybridized carbons (Fsp3) is 0.574. The van der Waals surface area contributed by atoms with Crippen molar-refractivity contribution in [1.82, 2.24) is 60.6 Å². The number of carbonyl (C=O) groups is 10. The summed E-state index contributed by atoms with van der Waals surface area (Å²) in [6, 6.07) is 12.2. The zero-order valence-corrected chi connectivity index (χ0v) is 52.7. The summed E-state index contributed by atoms with van der Waals surface area (Å²) in [5, 5.41) is 49.5.